The van der Waals surface area contributed by atoms with Crippen LogP contribution >= 0.6 is 0 Å². The Morgan fingerprint density at radius 1 is 1.29 bits per heavy atom. The van der Waals surface area contributed by atoms with E-state index in [1.807, 2.05) is 19.9 Å². The topological polar surface area (TPSA) is 59.4 Å². The molecule has 0 saturated carbocycles. The third-order valence-corrected chi connectivity index (χ3v) is 4.04. The molecule has 0 saturated heterocycles. The van der Waals surface area contributed by atoms with Crippen molar-refractivity contribution < 1.29 is 4.79 Å². The van der Waals surface area contributed by atoms with E-state index in [0.29, 0.717) is 6.42 Å². The maximum atomic E-state index is 11.4. The van der Waals surface area contributed by atoms with Crippen molar-refractivity contribution in [2.24, 2.45) is 5.41 Å². The van der Waals surface area contributed by atoms with Gasteiger partial charge in [-0.2, -0.15) is 5.26 Å². The summed E-state index contributed by atoms with van der Waals surface area (Å²) < 4.78 is 0. The summed E-state index contributed by atoms with van der Waals surface area (Å²) in [5.41, 5.74) is 2.21. The van der Waals surface area contributed by atoms with Crippen LogP contribution in [0.1, 0.15) is 33.6 Å². The highest BCUT2D eigenvalue weighted by molar-refractivity contribution is 5.75. The summed E-state index contributed by atoms with van der Waals surface area (Å²) in [6, 6.07) is 2.35. The zero-order valence-electron chi connectivity index (χ0n) is 15.8. The molecule has 132 valence electrons. The van der Waals surface area contributed by atoms with E-state index < -0.39 is 5.41 Å². The smallest absolute Gasteiger partial charge is 0.221 e. The second-order valence-corrected chi connectivity index (χ2v) is 7.10. The van der Waals surface area contributed by atoms with Gasteiger partial charge in [-0.05, 0) is 58.6 Å². The number of hydrogen-bond acceptors (Lipinski definition) is 4. The molecule has 24 heavy (non-hydrogen) atoms. The second kappa shape index (κ2) is 8.70. The molecule has 1 N–H and O–H groups in total. The number of hydrogen-bond donors (Lipinski definition) is 1. The molecular weight excluding hydrogens is 300 g/mol. The fourth-order valence-corrected chi connectivity index (χ4v) is 2.48. The molecule has 0 fully saturated rings. The van der Waals surface area contributed by atoms with Crippen molar-refractivity contribution in [3.8, 4) is 6.07 Å². The Labute approximate surface area is 146 Å². The number of nitriles is 1. The maximum Gasteiger partial charge on any atom is 0.221 e. The van der Waals surface area contributed by atoms with Gasteiger partial charge >= 0.3 is 0 Å². The third kappa shape index (κ3) is 6.21. The van der Waals surface area contributed by atoms with E-state index in [1.165, 1.54) is 6.92 Å². The van der Waals surface area contributed by atoms with Gasteiger partial charge in [-0.1, -0.05) is 6.08 Å². The van der Waals surface area contributed by atoms with Gasteiger partial charge in [0, 0.05) is 38.3 Å². The van der Waals surface area contributed by atoms with Crippen LogP contribution < -0.4 is 5.32 Å². The molecule has 0 radical (unpaired) electrons. The van der Waals surface area contributed by atoms with Gasteiger partial charge in [-0.25, -0.2) is 0 Å². The minimum Gasteiger partial charge on any atom is -0.375 e. The number of carbonyl (C=O) groups is 1. The van der Waals surface area contributed by atoms with E-state index in [2.05, 4.69) is 54.5 Å². The summed E-state index contributed by atoms with van der Waals surface area (Å²) >= 11 is 0. The van der Waals surface area contributed by atoms with Crippen molar-refractivity contribution in [1.29, 1.82) is 5.26 Å². The number of rotatable bonds is 7. The lowest BCUT2D eigenvalue weighted by atomic mass is 9.85. The average Bonchev–Trinajstić information content (AvgIpc) is 2.69. The minimum absolute atomic E-state index is 0.0912. The van der Waals surface area contributed by atoms with Crippen LogP contribution in [0.25, 0.3) is 0 Å². The van der Waals surface area contributed by atoms with Gasteiger partial charge in [0.2, 0.25) is 5.91 Å². The number of amides is 1. The first-order valence-corrected chi connectivity index (χ1v) is 8.33. The van der Waals surface area contributed by atoms with Gasteiger partial charge < -0.3 is 15.1 Å². The summed E-state index contributed by atoms with van der Waals surface area (Å²) in [6.07, 6.45) is 7.82. The Morgan fingerprint density at radius 2 is 1.96 bits per heavy atom. The van der Waals surface area contributed by atoms with Crippen LogP contribution in [0.3, 0.4) is 0 Å². The molecule has 0 atom stereocenters. The maximum absolute atomic E-state index is 11.4. The highest BCUT2D eigenvalue weighted by atomic mass is 16.1. The predicted molar refractivity (Wildman–Crippen MR) is 97.9 cm³/mol. The molecule has 0 bridgehead atoms. The summed E-state index contributed by atoms with van der Waals surface area (Å²) in [7, 11) is 6.21. The molecule has 1 aliphatic rings. The molecule has 0 unspecified atom stereocenters. The first-order valence-electron chi connectivity index (χ1n) is 8.33. The third-order valence-electron chi connectivity index (χ3n) is 4.04. The Kier molecular flexibility index (Phi) is 7.24. The first kappa shape index (κ1) is 20.0. The van der Waals surface area contributed by atoms with Crippen LogP contribution in [0.5, 0.6) is 0 Å². The Morgan fingerprint density at radius 3 is 2.50 bits per heavy atom. The van der Waals surface area contributed by atoms with E-state index in [-0.39, 0.29) is 5.91 Å². The zero-order valence-corrected chi connectivity index (χ0v) is 15.8. The second-order valence-electron chi connectivity index (χ2n) is 7.10. The fraction of sp³-hybridized carbons (Fsp3) is 0.579. The van der Waals surface area contributed by atoms with Gasteiger partial charge in [0.1, 0.15) is 0 Å². The summed E-state index contributed by atoms with van der Waals surface area (Å²) in [4.78, 5) is 15.8. The molecule has 0 aromatic rings. The van der Waals surface area contributed by atoms with Gasteiger partial charge in [0.15, 0.2) is 0 Å². The van der Waals surface area contributed by atoms with Crippen molar-refractivity contribution >= 4 is 5.91 Å². The van der Waals surface area contributed by atoms with Gasteiger partial charge in [-0.15, -0.1) is 0 Å². The van der Waals surface area contributed by atoms with Crippen LogP contribution in [0, 0.1) is 16.7 Å². The Hall–Kier alpha value is -2.06. The summed E-state index contributed by atoms with van der Waals surface area (Å²) in [5, 5.41) is 12.4. The zero-order chi connectivity index (χ0) is 18.3. The standard InChI is InChI=1S/C19H30N4O/c1-15(24)21-17-8-9-18(23(6)11-7-10-22(4)5)13-16(12-17)19(2,3)14-20/h9,12-13H,7-8,10-11H2,1-6H3,(H,21,24). The quantitative estimate of drug-likeness (QED) is 0.779. The minimum atomic E-state index is -0.613. The van der Waals surface area contributed by atoms with E-state index in [9.17, 15) is 10.1 Å². The number of nitrogens with one attached hydrogen (secondary N) is 1. The highest BCUT2D eigenvalue weighted by Gasteiger charge is 2.24. The average molecular weight is 330 g/mol. The first-order chi connectivity index (χ1) is 11.2. The monoisotopic (exact) mass is 330 g/mol. The Balaban J connectivity index is 3.02. The van der Waals surface area contributed by atoms with E-state index >= 15 is 0 Å². The van der Waals surface area contributed by atoms with Gasteiger partial charge in [-0.3, -0.25) is 4.79 Å². The Bertz CT molecular complexity index is 591. The molecule has 0 heterocycles. The largest absolute Gasteiger partial charge is 0.375 e. The van der Waals surface area contributed by atoms with Crippen molar-refractivity contribution in [1.82, 2.24) is 15.1 Å². The molecule has 5 nitrogen and oxygen atoms in total. The lowest BCUT2D eigenvalue weighted by molar-refractivity contribution is -0.118. The lowest BCUT2D eigenvalue weighted by Gasteiger charge is -2.23. The number of likely N-dealkylation sites (N-methyl/N-ethyl adjacent to an activating group) is 1. The van der Waals surface area contributed by atoms with E-state index in [4.69, 9.17) is 0 Å². The van der Waals surface area contributed by atoms with Crippen molar-refractivity contribution in [2.45, 2.75) is 33.6 Å². The molecule has 1 rings (SSSR count). The van der Waals surface area contributed by atoms with Crippen molar-refractivity contribution in [3.05, 3.63) is 35.2 Å². The molecule has 0 aromatic heterocycles. The lowest BCUT2D eigenvalue weighted by Crippen LogP contribution is -2.23. The van der Waals surface area contributed by atoms with E-state index in [0.717, 1.165) is 36.5 Å². The normalized spacial score (nSPS) is 15.0. The molecule has 1 aliphatic carbocycles. The summed E-state index contributed by atoms with van der Waals surface area (Å²) in [6.45, 7) is 7.28. The van der Waals surface area contributed by atoms with Gasteiger partial charge in [0.05, 0.1) is 11.5 Å². The highest BCUT2D eigenvalue weighted by Crippen LogP contribution is 2.31. The van der Waals surface area contributed by atoms with E-state index in [1.54, 1.807) is 0 Å². The van der Waals surface area contributed by atoms with Crippen molar-refractivity contribution in [2.75, 3.05) is 34.2 Å². The van der Waals surface area contributed by atoms with Crippen LogP contribution in [-0.2, 0) is 4.79 Å². The molecular formula is C19H30N4O. The van der Waals surface area contributed by atoms with Crippen LogP contribution in [0.15, 0.2) is 35.2 Å². The van der Waals surface area contributed by atoms with Crippen LogP contribution in [0.2, 0.25) is 0 Å². The molecule has 0 aromatic carbocycles. The van der Waals surface area contributed by atoms with Crippen LogP contribution in [0.4, 0.5) is 0 Å². The SMILES string of the molecule is CC(=O)NC1=CC(C(C)(C)C#N)=CC(N(C)CCCN(C)C)=CC1. The molecule has 5 heteroatoms. The predicted octanol–water partition coefficient (Wildman–Crippen LogP) is 2.65. The molecule has 0 aliphatic heterocycles. The van der Waals surface area contributed by atoms with Crippen LogP contribution in [-0.4, -0.2) is 49.9 Å². The fourth-order valence-electron chi connectivity index (χ4n) is 2.48. The van der Waals surface area contributed by atoms with Crippen molar-refractivity contribution in [3.63, 3.8) is 0 Å². The molecule has 1 amide bonds. The number of nitrogens with zero attached hydrogens (tertiary/aromatic N) is 3. The molecule has 0 spiro atoms. The summed E-state index contributed by atoms with van der Waals surface area (Å²) in [5.74, 6) is -0.0912. The number of carbonyl (C=O) groups excluding carboxylic acids is 1. The number of allylic oxidation sites excluding steroid dienone is 4. The van der Waals surface area contributed by atoms with Gasteiger partial charge in [0.25, 0.3) is 0 Å².